The molecular formula is C14H17FN2. The van der Waals surface area contributed by atoms with Gasteiger partial charge >= 0.3 is 0 Å². The van der Waals surface area contributed by atoms with E-state index in [4.69, 9.17) is 0 Å². The van der Waals surface area contributed by atoms with E-state index in [9.17, 15) is 4.39 Å². The first-order valence-corrected chi connectivity index (χ1v) is 6.03. The summed E-state index contributed by atoms with van der Waals surface area (Å²) in [7, 11) is 4.27. The van der Waals surface area contributed by atoms with Gasteiger partial charge < -0.3 is 9.47 Å². The molecule has 3 heteroatoms. The van der Waals surface area contributed by atoms with E-state index in [1.54, 1.807) is 6.07 Å². The van der Waals surface area contributed by atoms with Crippen molar-refractivity contribution in [3.05, 3.63) is 36.3 Å². The quantitative estimate of drug-likeness (QED) is 0.790. The van der Waals surface area contributed by atoms with Crippen LogP contribution in [0.4, 0.5) is 4.39 Å². The third-order valence-electron chi connectivity index (χ3n) is 3.97. The molecule has 0 amide bonds. The Hall–Kier alpha value is -1.35. The van der Waals surface area contributed by atoms with E-state index in [-0.39, 0.29) is 5.82 Å². The molecule has 17 heavy (non-hydrogen) atoms. The van der Waals surface area contributed by atoms with Crippen LogP contribution >= 0.6 is 0 Å². The van der Waals surface area contributed by atoms with Crippen molar-refractivity contribution in [2.24, 2.45) is 0 Å². The molecule has 90 valence electrons. The minimum atomic E-state index is -0.163. The molecule has 3 rings (SSSR count). The maximum atomic E-state index is 13.1. The third kappa shape index (κ3) is 1.75. The van der Waals surface area contributed by atoms with Crippen LogP contribution in [0.3, 0.4) is 0 Å². The maximum Gasteiger partial charge on any atom is 0.123 e. The first-order valence-electron chi connectivity index (χ1n) is 6.03. The van der Waals surface area contributed by atoms with Crippen LogP contribution in [0.5, 0.6) is 0 Å². The van der Waals surface area contributed by atoms with Crippen LogP contribution in [-0.2, 0) is 6.54 Å². The molecule has 0 spiro atoms. The zero-order valence-electron chi connectivity index (χ0n) is 10.3. The van der Waals surface area contributed by atoms with Crippen molar-refractivity contribution in [3.63, 3.8) is 0 Å². The molecule has 1 aliphatic carbocycles. The zero-order valence-corrected chi connectivity index (χ0v) is 10.3. The van der Waals surface area contributed by atoms with Gasteiger partial charge in [0.25, 0.3) is 0 Å². The first kappa shape index (κ1) is 10.8. The Morgan fingerprint density at radius 1 is 1.29 bits per heavy atom. The fourth-order valence-corrected chi connectivity index (χ4v) is 2.52. The van der Waals surface area contributed by atoms with Crippen molar-refractivity contribution >= 4 is 10.9 Å². The van der Waals surface area contributed by atoms with Crippen LogP contribution in [-0.4, -0.2) is 29.1 Å². The van der Waals surface area contributed by atoms with E-state index in [1.165, 1.54) is 18.9 Å². The molecule has 1 aromatic carbocycles. The number of nitrogens with zero attached hydrogens (tertiary/aromatic N) is 2. The van der Waals surface area contributed by atoms with Crippen LogP contribution in [0.25, 0.3) is 10.9 Å². The summed E-state index contributed by atoms with van der Waals surface area (Å²) >= 11 is 0. The van der Waals surface area contributed by atoms with Crippen molar-refractivity contribution in [3.8, 4) is 0 Å². The van der Waals surface area contributed by atoms with E-state index < -0.39 is 0 Å². The minimum Gasteiger partial charge on any atom is -0.346 e. The number of likely N-dealkylation sites (N-methyl/N-ethyl adjacent to an activating group) is 1. The topological polar surface area (TPSA) is 8.17 Å². The molecular weight excluding hydrogens is 215 g/mol. The molecule has 1 aliphatic rings. The van der Waals surface area contributed by atoms with E-state index in [2.05, 4.69) is 29.8 Å². The molecule has 1 saturated carbocycles. The van der Waals surface area contributed by atoms with Gasteiger partial charge in [-0.2, -0.15) is 0 Å². The summed E-state index contributed by atoms with van der Waals surface area (Å²) in [4.78, 5) is 2.31. The molecule has 1 fully saturated rings. The smallest absolute Gasteiger partial charge is 0.123 e. The summed E-state index contributed by atoms with van der Waals surface area (Å²) in [5, 5.41) is 0.986. The molecule has 0 unspecified atom stereocenters. The van der Waals surface area contributed by atoms with Crippen LogP contribution in [0.2, 0.25) is 0 Å². The van der Waals surface area contributed by atoms with E-state index >= 15 is 0 Å². The lowest BCUT2D eigenvalue weighted by atomic mass is 10.2. The Morgan fingerprint density at radius 3 is 2.71 bits per heavy atom. The Kier molecular flexibility index (Phi) is 2.26. The molecule has 0 bridgehead atoms. The predicted octanol–water partition coefficient (Wildman–Crippen LogP) is 2.87. The van der Waals surface area contributed by atoms with Gasteiger partial charge in [-0.15, -0.1) is 0 Å². The van der Waals surface area contributed by atoms with Gasteiger partial charge in [0.2, 0.25) is 0 Å². The zero-order chi connectivity index (χ0) is 12.0. The van der Waals surface area contributed by atoms with Gasteiger partial charge in [-0.25, -0.2) is 4.39 Å². The van der Waals surface area contributed by atoms with Crippen LogP contribution in [0, 0.1) is 5.82 Å². The molecule has 2 aromatic rings. The highest BCUT2D eigenvalue weighted by Crippen LogP contribution is 2.42. The summed E-state index contributed by atoms with van der Waals surface area (Å²) in [5.74, 6) is -0.163. The van der Waals surface area contributed by atoms with Crippen molar-refractivity contribution in [1.82, 2.24) is 9.47 Å². The van der Waals surface area contributed by atoms with Gasteiger partial charge in [-0.05, 0) is 51.2 Å². The monoisotopic (exact) mass is 232 g/mol. The van der Waals surface area contributed by atoms with E-state index in [0.717, 1.165) is 17.4 Å². The normalized spacial score (nSPS) is 17.9. The summed E-state index contributed by atoms with van der Waals surface area (Å²) < 4.78 is 15.3. The lowest BCUT2D eigenvalue weighted by molar-refractivity contribution is 0.244. The predicted molar refractivity (Wildman–Crippen MR) is 67.5 cm³/mol. The van der Waals surface area contributed by atoms with Crippen LogP contribution < -0.4 is 0 Å². The molecule has 1 heterocycles. The van der Waals surface area contributed by atoms with E-state index in [1.807, 2.05) is 12.1 Å². The number of aromatic nitrogens is 1. The standard InChI is InChI=1S/C14H17FN2/c1-16(2)14(6-7-14)10-17-8-5-11-9-12(15)3-4-13(11)17/h3-5,8-9H,6-7,10H2,1-2H3. The Morgan fingerprint density at radius 2 is 2.06 bits per heavy atom. The first-order chi connectivity index (χ1) is 8.11. The molecule has 0 radical (unpaired) electrons. The second-order valence-electron chi connectivity index (χ2n) is 5.27. The maximum absolute atomic E-state index is 13.1. The van der Waals surface area contributed by atoms with E-state index in [0.29, 0.717) is 5.54 Å². The van der Waals surface area contributed by atoms with Crippen LogP contribution in [0.15, 0.2) is 30.5 Å². The highest BCUT2D eigenvalue weighted by molar-refractivity contribution is 5.80. The number of hydrogen-bond donors (Lipinski definition) is 0. The second kappa shape index (κ2) is 3.57. The highest BCUT2D eigenvalue weighted by Gasteiger charge is 2.45. The SMILES string of the molecule is CN(C)C1(Cn2ccc3cc(F)ccc32)CC1. The van der Waals surface area contributed by atoms with Gasteiger partial charge in [0, 0.05) is 29.2 Å². The summed E-state index contributed by atoms with van der Waals surface area (Å²) in [5.41, 5.74) is 1.44. The average Bonchev–Trinajstić information content (AvgIpc) is 2.96. The van der Waals surface area contributed by atoms with Crippen LogP contribution in [0.1, 0.15) is 12.8 Å². The third-order valence-corrected chi connectivity index (χ3v) is 3.97. The van der Waals surface area contributed by atoms with Crippen molar-refractivity contribution in [2.75, 3.05) is 14.1 Å². The average molecular weight is 232 g/mol. The molecule has 1 aromatic heterocycles. The van der Waals surface area contributed by atoms with Gasteiger partial charge in [-0.1, -0.05) is 0 Å². The molecule has 0 saturated heterocycles. The Labute approximate surface area is 101 Å². The van der Waals surface area contributed by atoms with Gasteiger partial charge in [0.15, 0.2) is 0 Å². The van der Waals surface area contributed by atoms with Gasteiger partial charge in [-0.3, -0.25) is 0 Å². The molecule has 0 aliphatic heterocycles. The van der Waals surface area contributed by atoms with Gasteiger partial charge in [0.1, 0.15) is 5.82 Å². The second-order valence-corrected chi connectivity index (χ2v) is 5.27. The number of rotatable bonds is 3. The number of hydrogen-bond acceptors (Lipinski definition) is 1. The number of benzene rings is 1. The lowest BCUT2D eigenvalue weighted by Gasteiger charge is -2.24. The van der Waals surface area contributed by atoms with Crippen molar-refractivity contribution in [1.29, 1.82) is 0 Å². The summed E-state index contributed by atoms with van der Waals surface area (Å²) in [6, 6.07) is 7.00. The lowest BCUT2D eigenvalue weighted by Crippen LogP contribution is -2.34. The largest absolute Gasteiger partial charge is 0.346 e. The number of fused-ring (bicyclic) bond motifs is 1. The fourth-order valence-electron chi connectivity index (χ4n) is 2.52. The number of halogens is 1. The Balaban J connectivity index is 1.96. The van der Waals surface area contributed by atoms with Crippen molar-refractivity contribution in [2.45, 2.75) is 24.9 Å². The molecule has 2 nitrogen and oxygen atoms in total. The minimum absolute atomic E-state index is 0.163. The summed E-state index contributed by atoms with van der Waals surface area (Å²) in [6.45, 7) is 0.995. The summed E-state index contributed by atoms with van der Waals surface area (Å²) in [6.07, 6.45) is 4.56. The molecule has 0 atom stereocenters. The van der Waals surface area contributed by atoms with Crippen molar-refractivity contribution < 1.29 is 4.39 Å². The highest BCUT2D eigenvalue weighted by atomic mass is 19.1. The fraction of sp³-hybridized carbons (Fsp3) is 0.429. The van der Waals surface area contributed by atoms with Gasteiger partial charge in [0.05, 0.1) is 0 Å². The molecule has 0 N–H and O–H groups in total. The Bertz CT molecular complexity index is 552.